The van der Waals surface area contributed by atoms with Crippen molar-refractivity contribution in [2.45, 2.75) is 19.3 Å². The van der Waals surface area contributed by atoms with Crippen LogP contribution in [0.2, 0.25) is 0 Å². The van der Waals surface area contributed by atoms with Gasteiger partial charge in [0.1, 0.15) is 0 Å². The van der Waals surface area contributed by atoms with Crippen molar-refractivity contribution >= 4 is 0 Å². The molecule has 9 heavy (non-hydrogen) atoms. The van der Waals surface area contributed by atoms with Crippen molar-refractivity contribution in [1.82, 2.24) is 5.32 Å². The van der Waals surface area contributed by atoms with Gasteiger partial charge in [-0.25, -0.2) is 5.32 Å². The molecule has 0 bridgehead atoms. The fraction of sp³-hybridized carbons (Fsp3) is 1.00. The van der Waals surface area contributed by atoms with E-state index in [1.807, 2.05) is 0 Å². The fourth-order valence-corrected chi connectivity index (χ4v) is 1.28. The van der Waals surface area contributed by atoms with Crippen LogP contribution in [0.5, 0.6) is 0 Å². The van der Waals surface area contributed by atoms with Crippen LogP contribution in [0.1, 0.15) is 19.3 Å². The van der Waals surface area contributed by atoms with Gasteiger partial charge in [0, 0.05) is 19.7 Å². The average Bonchev–Trinajstić information content (AvgIpc) is 1.91. The second-order valence-corrected chi connectivity index (χ2v) is 2.63. The molecule has 0 amide bonds. The Morgan fingerprint density at radius 1 is 1.33 bits per heavy atom. The molecule has 53 valence electrons. The molecule has 1 aliphatic rings. The van der Waals surface area contributed by atoms with Gasteiger partial charge >= 0.3 is 0 Å². The molecule has 0 aliphatic carbocycles. The summed E-state index contributed by atoms with van der Waals surface area (Å²) in [6.07, 6.45) is 3.37. The number of hydrogen-bond donors (Lipinski definition) is 1. The molecular formula is C7H14NO. The molecule has 0 aromatic heterocycles. The normalized spacial score (nSPS) is 22.3. The summed E-state index contributed by atoms with van der Waals surface area (Å²) in [5.41, 5.74) is 0. The van der Waals surface area contributed by atoms with Gasteiger partial charge in [-0.3, -0.25) is 0 Å². The summed E-state index contributed by atoms with van der Waals surface area (Å²) in [5, 5.41) is 12.8. The van der Waals surface area contributed by atoms with E-state index in [2.05, 4.69) is 5.32 Å². The number of rotatable bonds is 2. The average molecular weight is 128 g/mol. The van der Waals surface area contributed by atoms with Gasteiger partial charge in [-0.1, -0.05) is 0 Å². The van der Waals surface area contributed by atoms with Gasteiger partial charge in [-0.15, -0.1) is 0 Å². The van der Waals surface area contributed by atoms with E-state index in [0.717, 1.165) is 25.4 Å². The minimum absolute atomic E-state index is 0.352. The van der Waals surface area contributed by atoms with E-state index < -0.39 is 0 Å². The third-order valence-electron chi connectivity index (χ3n) is 1.93. The predicted octanol–water partition coefficient (Wildman–Crippen LogP) is 0.383. The van der Waals surface area contributed by atoms with Crippen LogP contribution in [0.3, 0.4) is 0 Å². The first-order chi connectivity index (χ1) is 4.43. The first kappa shape index (κ1) is 7.03. The molecule has 0 aromatic rings. The van der Waals surface area contributed by atoms with Crippen molar-refractivity contribution in [2.75, 3.05) is 19.7 Å². The van der Waals surface area contributed by atoms with Gasteiger partial charge in [0.05, 0.1) is 0 Å². The maximum Gasteiger partial charge on any atom is 0.0433 e. The summed E-state index contributed by atoms with van der Waals surface area (Å²) in [7, 11) is 0. The standard InChI is InChI=1S/C7H14NO/c9-6-3-7-1-4-8-5-2-7/h7,9H,1-6H2. The van der Waals surface area contributed by atoms with Crippen molar-refractivity contribution in [3.63, 3.8) is 0 Å². The van der Waals surface area contributed by atoms with Crippen LogP contribution >= 0.6 is 0 Å². The van der Waals surface area contributed by atoms with Gasteiger partial charge < -0.3 is 5.11 Å². The third kappa shape index (κ3) is 2.33. The molecule has 1 rings (SSSR count). The maximum atomic E-state index is 8.59. The quantitative estimate of drug-likeness (QED) is 0.573. The van der Waals surface area contributed by atoms with Crippen LogP contribution in [0.15, 0.2) is 0 Å². The van der Waals surface area contributed by atoms with Gasteiger partial charge in [0.25, 0.3) is 0 Å². The largest absolute Gasteiger partial charge is 0.396 e. The third-order valence-corrected chi connectivity index (χ3v) is 1.93. The van der Waals surface area contributed by atoms with E-state index in [9.17, 15) is 0 Å². The molecule has 1 saturated heterocycles. The summed E-state index contributed by atoms with van der Waals surface area (Å²) in [5.74, 6) is 0.757. The van der Waals surface area contributed by atoms with Gasteiger partial charge in [0.2, 0.25) is 0 Å². The highest BCUT2D eigenvalue weighted by atomic mass is 16.3. The van der Waals surface area contributed by atoms with Crippen molar-refractivity contribution in [2.24, 2.45) is 5.92 Å². The zero-order valence-electron chi connectivity index (χ0n) is 5.71. The van der Waals surface area contributed by atoms with E-state index >= 15 is 0 Å². The second kappa shape index (κ2) is 3.85. The number of hydrogen-bond acceptors (Lipinski definition) is 1. The monoisotopic (exact) mass is 128 g/mol. The van der Waals surface area contributed by atoms with Crippen molar-refractivity contribution < 1.29 is 5.11 Å². The van der Waals surface area contributed by atoms with Crippen LogP contribution in [-0.2, 0) is 0 Å². The van der Waals surface area contributed by atoms with Crippen LogP contribution in [0.4, 0.5) is 0 Å². The molecule has 0 atom stereocenters. The van der Waals surface area contributed by atoms with E-state index in [1.54, 1.807) is 0 Å². The summed E-state index contributed by atoms with van der Waals surface area (Å²) < 4.78 is 0. The Labute approximate surface area is 56.3 Å². The van der Waals surface area contributed by atoms with Gasteiger partial charge in [-0.2, -0.15) is 0 Å². The van der Waals surface area contributed by atoms with E-state index in [0.29, 0.717) is 6.61 Å². The molecule has 0 unspecified atom stereocenters. The highest BCUT2D eigenvalue weighted by molar-refractivity contribution is 4.67. The smallest absolute Gasteiger partial charge is 0.0433 e. The SMILES string of the molecule is OCCC1CC[N]CC1. The highest BCUT2D eigenvalue weighted by Crippen LogP contribution is 2.15. The first-order valence-electron chi connectivity index (χ1n) is 3.67. The van der Waals surface area contributed by atoms with E-state index in [-0.39, 0.29) is 0 Å². The minimum Gasteiger partial charge on any atom is -0.396 e. The molecule has 1 fully saturated rings. The molecule has 2 heteroatoms. The molecule has 1 heterocycles. The van der Waals surface area contributed by atoms with E-state index in [1.165, 1.54) is 12.8 Å². The van der Waals surface area contributed by atoms with Crippen LogP contribution < -0.4 is 5.32 Å². The van der Waals surface area contributed by atoms with Crippen molar-refractivity contribution in [1.29, 1.82) is 0 Å². The Hall–Kier alpha value is -0.0800. The van der Waals surface area contributed by atoms with Crippen LogP contribution in [0, 0.1) is 5.92 Å². The Morgan fingerprint density at radius 3 is 2.56 bits per heavy atom. The minimum atomic E-state index is 0.352. The lowest BCUT2D eigenvalue weighted by atomic mass is 9.95. The summed E-state index contributed by atoms with van der Waals surface area (Å²) >= 11 is 0. The molecule has 1 aliphatic heterocycles. The molecule has 1 radical (unpaired) electrons. The van der Waals surface area contributed by atoms with E-state index in [4.69, 9.17) is 5.11 Å². The Morgan fingerprint density at radius 2 is 2.00 bits per heavy atom. The number of aliphatic hydroxyl groups excluding tert-OH is 1. The lowest BCUT2D eigenvalue weighted by molar-refractivity contribution is 0.234. The summed E-state index contributed by atoms with van der Waals surface area (Å²) in [6.45, 7) is 2.39. The summed E-state index contributed by atoms with van der Waals surface area (Å²) in [4.78, 5) is 0. The first-order valence-corrected chi connectivity index (χ1v) is 3.67. The number of nitrogens with zero attached hydrogens (tertiary/aromatic N) is 1. The zero-order valence-corrected chi connectivity index (χ0v) is 5.71. The van der Waals surface area contributed by atoms with Crippen LogP contribution in [0.25, 0.3) is 0 Å². The second-order valence-electron chi connectivity index (χ2n) is 2.63. The van der Waals surface area contributed by atoms with Gasteiger partial charge in [0.15, 0.2) is 0 Å². The molecule has 1 N–H and O–H groups in total. The van der Waals surface area contributed by atoms with Crippen molar-refractivity contribution in [3.05, 3.63) is 0 Å². The lowest BCUT2D eigenvalue weighted by Gasteiger charge is -2.19. The maximum absolute atomic E-state index is 8.59. The fourth-order valence-electron chi connectivity index (χ4n) is 1.28. The highest BCUT2D eigenvalue weighted by Gasteiger charge is 2.11. The predicted molar refractivity (Wildman–Crippen MR) is 36.3 cm³/mol. The molecule has 2 nitrogen and oxygen atoms in total. The Balaban J connectivity index is 2.08. The van der Waals surface area contributed by atoms with Crippen molar-refractivity contribution in [3.8, 4) is 0 Å². The molecule has 0 saturated carbocycles. The molecule has 0 aromatic carbocycles. The summed E-state index contributed by atoms with van der Waals surface area (Å²) in [6, 6.07) is 0. The van der Waals surface area contributed by atoms with Crippen LogP contribution in [-0.4, -0.2) is 24.8 Å². The Kier molecular flexibility index (Phi) is 3.01. The number of aliphatic hydroxyl groups is 1. The number of piperidine rings is 1. The topological polar surface area (TPSA) is 34.3 Å². The lowest BCUT2D eigenvalue weighted by Crippen LogP contribution is -2.22. The zero-order chi connectivity index (χ0) is 6.53. The van der Waals surface area contributed by atoms with Gasteiger partial charge in [-0.05, 0) is 25.2 Å². The molecule has 0 spiro atoms. The molecular weight excluding hydrogens is 114 g/mol. The Bertz CT molecular complexity index is 66.6.